The Balaban J connectivity index is -0.0000000580. The summed E-state index contributed by atoms with van der Waals surface area (Å²) in [5.41, 5.74) is 0. The zero-order valence-electron chi connectivity index (χ0n) is 16.9. The Bertz CT molecular complexity index is 460. The Hall–Kier alpha value is 0.486. The second-order valence-electron chi connectivity index (χ2n) is 3.61. The van der Waals surface area contributed by atoms with Gasteiger partial charge in [-0.15, -0.1) is 0 Å². The number of carboxylic acid groups (broad SMARTS) is 3. The van der Waals surface area contributed by atoms with E-state index >= 15 is 0 Å². The third-order valence-corrected chi connectivity index (χ3v) is 1.61. The van der Waals surface area contributed by atoms with Crippen LogP contribution in [-0.4, -0.2) is 17.9 Å². The van der Waals surface area contributed by atoms with Gasteiger partial charge in [0.2, 0.25) is 0 Å². The van der Waals surface area contributed by atoms with E-state index in [4.69, 9.17) is 0 Å². The van der Waals surface area contributed by atoms with Gasteiger partial charge in [0, 0.05) is 0 Å². The van der Waals surface area contributed by atoms with Gasteiger partial charge in [0.15, 0.2) is 0 Å². The van der Waals surface area contributed by atoms with Crippen molar-refractivity contribution in [3.05, 3.63) is 72.9 Å². The number of hydrogen-bond donors (Lipinski definition) is 0. The molecule has 0 amide bonds. The molecule has 0 aromatic heterocycles. The van der Waals surface area contributed by atoms with Crippen molar-refractivity contribution in [2.24, 2.45) is 0 Å². The Morgan fingerprint density at radius 2 is 0.704 bits per heavy atom. The van der Waals surface area contributed by atoms with E-state index < -0.39 is 17.9 Å². The predicted molar refractivity (Wildman–Crippen MR) is 86.9 cm³/mol. The number of carbonyl (C=O) groups is 3. The van der Waals surface area contributed by atoms with E-state index in [0.29, 0.717) is 0 Å². The van der Waals surface area contributed by atoms with E-state index in [0.717, 1.165) is 18.2 Å². The van der Waals surface area contributed by atoms with Crippen LogP contribution in [0.5, 0.6) is 0 Å². The molecule has 9 heteroatoms. The Labute approximate surface area is 247 Å². The van der Waals surface area contributed by atoms with E-state index in [2.05, 4.69) is 0 Å². The van der Waals surface area contributed by atoms with E-state index in [1.54, 1.807) is 57.2 Å². The summed E-state index contributed by atoms with van der Waals surface area (Å²) < 4.78 is 0. The first kappa shape index (κ1) is 41.8. The van der Waals surface area contributed by atoms with E-state index in [9.17, 15) is 29.7 Å². The van der Waals surface area contributed by atoms with Crippen LogP contribution in [0.3, 0.4) is 0 Å². The van der Waals surface area contributed by atoms with Crippen molar-refractivity contribution in [3.8, 4) is 0 Å². The Morgan fingerprint density at radius 3 is 0.815 bits per heavy atom. The quantitative estimate of drug-likeness (QED) is 0.240. The monoisotopic (exact) mass is 418 g/mol. The minimum atomic E-state index is -1.16. The minimum Gasteiger partial charge on any atom is -0.545 e. The predicted octanol–water partition coefficient (Wildman–Crippen LogP) is -9.38. The third-order valence-electron chi connectivity index (χ3n) is 1.61. The molecule has 0 heterocycles. The molecule has 0 aliphatic heterocycles. The topological polar surface area (TPSA) is 120 Å². The molecule has 0 aromatic rings. The van der Waals surface area contributed by atoms with Crippen LogP contribution in [-0.2, 0) is 14.4 Å². The smallest absolute Gasteiger partial charge is 0.545 e. The van der Waals surface area contributed by atoms with Crippen molar-refractivity contribution in [3.63, 3.8) is 0 Å². The summed E-state index contributed by atoms with van der Waals surface area (Å²) in [5, 5.41) is 28.9. The molecule has 0 aliphatic rings. The number of allylic oxidation sites excluding steroid dienone is 9. The van der Waals surface area contributed by atoms with Gasteiger partial charge < -0.3 is 29.7 Å². The van der Waals surface area contributed by atoms with Gasteiger partial charge in [-0.25, -0.2) is 0 Å². The standard InChI is InChI=1S/3C6H8O2.K.2Na/c3*1-2-3-4-5-6(7)8;;;/h3*2-5H,1H3,(H,7,8);;;/q;;;3*+1/p-3. The summed E-state index contributed by atoms with van der Waals surface area (Å²) in [5.74, 6) is -3.49. The maximum Gasteiger partial charge on any atom is 1.00 e. The average Bonchev–Trinajstić information content (AvgIpc) is 2.48. The van der Waals surface area contributed by atoms with Crippen LogP contribution >= 0.6 is 0 Å². The number of rotatable bonds is 6. The van der Waals surface area contributed by atoms with Crippen LogP contribution < -0.4 is 126 Å². The maximum absolute atomic E-state index is 9.64. The van der Waals surface area contributed by atoms with Crippen molar-refractivity contribution < 1.29 is 140 Å². The zero-order chi connectivity index (χ0) is 19.2. The van der Waals surface area contributed by atoms with Gasteiger partial charge in [-0.05, 0) is 39.0 Å². The average molecular weight is 418 g/mol. The molecule has 0 aliphatic carbocycles. The van der Waals surface area contributed by atoms with E-state index in [1.807, 2.05) is 0 Å². The molecule has 6 nitrogen and oxygen atoms in total. The van der Waals surface area contributed by atoms with Crippen LogP contribution in [0.4, 0.5) is 0 Å². The fourth-order valence-electron chi connectivity index (χ4n) is 0.736. The van der Waals surface area contributed by atoms with Gasteiger partial charge >= 0.3 is 110 Å². The number of hydrogen-bond acceptors (Lipinski definition) is 6. The summed E-state index contributed by atoms with van der Waals surface area (Å²) in [7, 11) is 0. The van der Waals surface area contributed by atoms with Gasteiger partial charge in [0.25, 0.3) is 0 Å². The van der Waals surface area contributed by atoms with Crippen molar-refractivity contribution in [1.82, 2.24) is 0 Å². The number of aliphatic carboxylic acids is 3. The number of carbonyl (C=O) groups excluding carboxylic acids is 3. The van der Waals surface area contributed by atoms with Crippen molar-refractivity contribution in [1.29, 1.82) is 0 Å². The van der Waals surface area contributed by atoms with Crippen LogP contribution in [0.1, 0.15) is 20.8 Å². The van der Waals surface area contributed by atoms with Crippen molar-refractivity contribution >= 4 is 17.9 Å². The van der Waals surface area contributed by atoms with Crippen LogP contribution in [0.15, 0.2) is 72.9 Å². The molecule has 0 spiro atoms. The van der Waals surface area contributed by atoms with Crippen LogP contribution in [0, 0.1) is 0 Å². The molecular weight excluding hydrogens is 397 g/mol. The molecule has 0 rings (SSSR count). The molecular formula is C18H21KNa2O6. The van der Waals surface area contributed by atoms with Gasteiger partial charge in [-0.2, -0.15) is 0 Å². The molecule has 0 fully saturated rings. The molecule has 0 atom stereocenters. The van der Waals surface area contributed by atoms with Crippen LogP contribution in [0.25, 0.3) is 0 Å². The summed E-state index contributed by atoms with van der Waals surface area (Å²) in [6.07, 6.45) is 17.2. The van der Waals surface area contributed by atoms with E-state index in [1.165, 1.54) is 18.2 Å². The van der Waals surface area contributed by atoms with Gasteiger partial charge in [-0.1, -0.05) is 54.7 Å². The minimum absolute atomic E-state index is 0. The summed E-state index contributed by atoms with van der Waals surface area (Å²) >= 11 is 0. The summed E-state index contributed by atoms with van der Waals surface area (Å²) in [6, 6.07) is 0. The van der Waals surface area contributed by atoms with Crippen LogP contribution in [0.2, 0.25) is 0 Å². The molecule has 0 bridgehead atoms. The third kappa shape index (κ3) is 66.2. The fourth-order valence-corrected chi connectivity index (χ4v) is 0.736. The maximum atomic E-state index is 9.64. The Morgan fingerprint density at radius 1 is 0.519 bits per heavy atom. The molecule has 27 heavy (non-hydrogen) atoms. The molecule has 0 radical (unpaired) electrons. The van der Waals surface area contributed by atoms with Crippen molar-refractivity contribution in [2.45, 2.75) is 20.8 Å². The largest absolute Gasteiger partial charge is 1.00 e. The first-order valence-electron chi connectivity index (χ1n) is 6.82. The molecule has 0 saturated heterocycles. The first-order chi connectivity index (χ1) is 11.3. The van der Waals surface area contributed by atoms with Gasteiger partial charge in [0.1, 0.15) is 0 Å². The SMILES string of the molecule is CC=CC=CC(=O)[O-].CC=CC=CC(=O)[O-].CC=CC=CC(=O)[O-].[K+].[Na+].[Na+]. The molecule has 0 aromatic carbocycles. The normalized spacial score (nSPS) is 9.89. The number of carboxylic acids is 3. The second-order valence-corrected chi connectivity index (χ2v) is 3.61. The van der Waals surface area contributed by atoms with Gasteiger partial charge in [-0.3, -0.25) is 0 Å². The van der Waals surface area contributed by atoms with E-state index in [-0.39, 0.29) is 110 Å². The van der Waals surface area contributed by atoms with Crippen molar-refractivity contribution in [2.75, 3.05) is 0 Å². The second kappa shape index (κ2) is 37.3. The first-order valence-corrected chi connectivity index (χ1v) is 6.82. The molecule has 132 valence electrons. The molecule has 0 unspecified atom stereocenters. The Kier molecular flexibility index (Phi) is 57.6. The van der Waals surface area contributed by atoms with Gasteiger partial charge in [0.05, 0.1) is 17.9 Å². The zero-order valence-corrected chi connectivity index (χ0v) is 24.0. The molecule has 0 N–H and O–H groups in total. The fraction of sp³-hybridized carbons (Fsp3) is 0.167. The summed E-state index contributed by atoms with van der Waals surface area (Å²) in [4.78, 5) is 28.9. The summed E-state index contributed by atoms with van der Waals surface area (Å²) in [6.45, 7) is 5.42. The molecule has 0 saturated carbocycles.